The third kappa shape index (κ3) is 3.27. The molecule has 0 aliphatic rings. The van der Waals surface area contributed by atoms with Crippen LogP contribution in [0.2, 0.25) is 0 Å². The van der Waals surface area contributed by atoms with Gasteiger partial charge in [0.1, 0.15) is 5.76 Å². The lowest BCUT2D eigenvalue weighted by Crippen LogP contribution is -2.30. The van der Waals surface area contributed by atoms with Crippen molar-refractivity contribution in [2.75, 3.05) is 7.05 Å². The second-order valence-corrected chi connectivity index (χ2v) is 3.33. The fourth-order valence-corrected chi connectivity index (χ4v) is 1.22. The minimum Gasteiger partial charge on any atom is -0.444 e. The molecule has 1 heterocycles. The van der Waals surface area contributed by atoms with E-state index < -0.39 is 0 Å². The van der Waals surface area contributed by atoms with Crippen molar-refractivity contribution in [1.29, 1.82) is 0 Å². The SMILES string of the molecule is CCCc1nc(C)c(CNC(N)=NC)o1. The third-order valence-electron chi connectivity index (χ3n) is 2.07. The predicted molar refractivity (Wildman–Crippen MR) is 59.6 cm³/mol. The Hall–Kier alpha value is -1.52. The van der Waals surface area contributed by atoms with Crippen LogP contribution in [0.4, 0.5) is 0 Å². The maximum absolute atomic E-state index is 5.57. The third-order valence-corrected chi connectivity index (χ3v) is 2.07. The van der Waals surface area contributed by atoms with Crippen LogP contribution in [-0.4, -0.2) is 18.0 Å². The number of guanidine groups is 1. The van der Waals surface area contributed by atoms with Gasteiger partial charge in [-0.25, -0.2) is 4.98 Å². The van der Waals surface area contributed by atoms with Gasteiger partial charge < -0.3 is 15.5 Å². The van der Waals surface area contributed by atoms with Crippen molar-refractivity contribution in [1.82, 2.24) is 10.3 Å². The van der Waals surface area contributed by atoms with E-state index in [9.17, 15) is 0 Å². The summed E-state index contributed by atoms with van der Waals surface area (Å²) in [5, 5.41) is 2.94. The van der Waals surface area contributed by atoms with Crippen LogP contribution in [0.3, 0.4) is 0 Å². The van der Waals surface area contributed by atoms with Crippen molar-refractivity contribution in [2.45, 2.75) is 33.2 Å². The van der Waals surface area contributed by atoms with Gasteiger partial charge in [-0.3, -0.25) is 4.99 Å². The largest absolute Gasteiger partial charge is 0.444 e. The topological polar surface area (TPSA) is 76.4 Å². The van der Waals surface area contributed by atoms with Crippen LogP contribution in [-0.2, 0) is 13.0 Å². The van der Waals surface area contributed by atoms with Gasteiger partial charge in [-0.05, 0) is 13.3 Å². The summed E-state index contributed by atoms with van der Waals surface area (Å²) in [4.78, 5) is 8.11. The molecule has 0 spiro atoms. The molecule has 0 aliphatic heterocycles. The molecule has 1 rings (SSSR count). The number of aryl methyl sites for hydroxylation is 2. The number of hydrogen-bond acceptors (Lipinski definition) is 3. The normalized spacial score (nSPS) is 11.8. The number of oxazole rings is 1. The van der Waals surface area contributed by atoms with E-state index in [1.54, 1.807) is 7.05 Å². The van der Waals surface area contributed by atoms with Crippen LogP contribution in [0.1, 0.15) is 30.7 Å². The Balaban J connectivity index is 2.60. The highest BCUT2D eigenvalue weighted by Gasteiger charge is 2.08. The van der Waals surface area contributed by atoms with Crippen molar-refractivity contribution in [3.63, 3.8) is 0 Å². The lowest BCUT2D eigenvalue weighted by Gasteiger charge is -2.01. The van der Waals surface area contributed by atoms with E-state index in [1.807, 2.05) is 6.92 Å². The van der Waals surface area contributed by atoms with Crippen LogP contribution in [0, 0.1) is 6.92 Å². The van der Waals surface area contributed by atoms with Gasteiger partial charge in [0.15, 0.2) is 11.9 Å². The summed E-state index contributed by atoms with van der Waals surface area (Å²) in [6.07, 6.45) is 1.91. The molecule has 15 heavy (non-hydrogen) atoms. The summed E-state index contributed by atoms with van der Waals surface area (Å²) in [7, 11) is 1.64. The van der Waals surface area contributed by atoms with Crippen molar-refractivity contribution >= 4 is 5.96 Å². The van der Waals surface area contributed by atoms with Gasteiger partial charge in [-0.1, -0.05) is 6.92 Å². The molecular weight excluding hydrogens is 192 g/mol. The van der Waals surface area contributed by atoms with Crippen LogP contribution in [0.15, 0.2) is 9.41 Å². The Morgan fingerprint density at radius 1 is 1.60 bits per heavy atom. The summed E-state index contributed by atoms with van der Waals surface area (Å²) in [5.74, 6) is 2.02. The molecule has 1 aromatic rings. The molecule has 0 aliphatic carbocycles. The molecule has 5 heteroatoms. The molecule has 3 N–H and O–H groups in total. The van der Waals surface area contributed by atoms with Crippen molar-refractivity contribution in [3.8, 4) is 0 Å². The number of nitrogens with one attached hydrogen (secondary N) is 1. The zero-order valence-electron chi connectivity index (χ0n) is 9.50. The molecule has 0 unspecified atom stereocenters. The number of nitrogens with two attached hydrogens (primary N) is 1. The van der Waals surface area contributed by atoms with Gasteiger partial charge in [-0.2, -0.15) is 0 Å². The monoisotopic (exact) mass is 210 g/mol. The van der Waals surface area contributed by atoms with E-state index in [-0.39, 0.29) is 0 Å². The molecule has 0 fully saturated rings. The van der Waals surface area contributed by atoms with Crippen molar-refractivity contribution < 1.29 is 4.42 Å². The van der Waals surface area contributed by atoms with E-state index in [0.717, 1.165) is 30.2 Å². The molecule has 0 radical (unpaired) electrons. The molecule has 5 nitrogen and oxygen atoms in total. The summed E-state index contributed by atoms with van der Waals surface area (Å²) in [5.41, 5.74) is 6.43. The fourth-order valence-electron chi connectivity index (χ4n) is 1.22. The molecule has 0 amide bonds. The quantitative estimate of drug-likeness (QED) is 0.573. The first-order valence-electron chi connectivity index (χ1n) is 5.08. The van der Waals surface area contributed by atoms with Crippen LogP contribution in [0.25, 0.3) is 0 Å². The lowest BCUT2D eigenvalue weighted by atomic mass is 10.3. The molecule has 1 aromatic heterocycles. The van der Waals surface area contributed by atoms with Crippen molar-refractivity contribution in [2.24, 2.45) is 10.7 Å². The second kappa shape index (κ2) is 5.38. The maximum Gasteiger partial charge on any atom is 0.194 e. The van der Waals surface area contributed by atoms with E-state index >= 15 is 0 Å². The molecule has 0 bridgehead atoms. The van der Waals surface area contributed by atoms with Gasteiger partial charge in [0.2, 0.25) is 0 Å². The Kier molecular flexibility index (Phi) is 4.15. The Morgan fingerprint density at radius 3 is 2.93 bits per heavy atom. The molecular formula is C10H18N4O. The number of aromatic nitrogens is 1. The first-order valence-corrected chi connectivity index (χ1v) is 5.08. The first kappa shape index (κ1) is 11.6. The minimum atomic E-state index is 0.405. The Bertz CT molecular complexity index is 343. The van der Waals surface area contributed by atoms with Gasteiger partial charge in [0, 0.05) is 13.5 Å². The van der Waals surface area contributed by atoms with Gasteiger partial charge in [0.05, 0.1) is 12.2 Å². The predicted octanol–water partition coefficient (Wildman–Crippen LogP) is 0.970. The van der Waals surface area contributed by atoms with Gasteiger partial charge in [-0.15, -0.1) is 0 Å². The minimum absolute atomic E-state index is 0.405. The standard InChI is InChI=1S/C10H18N4O/c1-4-5-9-14-7(2)8(15-9)6-13-10(11)12-3/h4-6H2,1-3H3,(H3,11,12,13). The van der Waals surface area contributed by atoms with E-state index in [1.165, 1.54) is 0 Å². The second-order valence-electron chi connectivity index (χ2n) is 3.33. The highest BCUT2D eigenvalue weighted by Crippen LogP contribution is 2.11. The van der Waals surface area contributed by atoms with Crippen LogP contribution < -0.4 is 11.1 Å². The molecule has 0 atom stereocenters. The Labute approximate surface area is 89.8 Å². The smallest absolute Gasteiger partial charge is 0.194 e. The summed E-state index contributed by atoms with van der Waals surface area (Å²) in [6, 6.07) is 0. The van der Waals surface area contributed by atoms with Gasteiger partial charge >= 0.3 is 0 Å². The van der Waals surface area contributed by atoms with E-state index in [4.69, 9.17) is 10.2 Å². The fraction of sp³-hybridized carbons (Fsp3) is 0.600. The lowest BCUT2D eigenvalue weighted by molar-refractivity contribution is 0.447. The number of rotatable bonds is 4. The maximum atomic E-state index is 5.57. The number of nitrogens with zero attached hydrogens (tertiary/aromatic N) is 2. The molecule has 84 valence electrons. The summed E-state index contributed by atoms with van der Waals surface area (Å²) < 4.78 is 5.57. The number of aliphatic imine (C=N–C) groups is 1. The zero-order chi connectivity index (χ0) is 11.3. The average molecular weight is 210 g/mol. The highest BCUT2D eigenvalue weighted by atomic mass is 16.4. The average Bonchev–Trinajstić information content (AvgIpc) is 2.56. The van der Waals surface area contributed by atoms with Crippen LogP contribution >= 0.6 is 0 Å². The molecule has 0 aromatic carbocycles. The highest BCUT2D eigenvalue weighted by molar-refractivity contribution is 5.77. The number of hydrogen-bond donors (Lipinski definition) is 2. The Morgan fingerprint density at radius 2 is 2.33 bits per heavy atom. The van der Waals surface area contributed by atoms with Crippen molar-refractivity contribution in [3.05, 3.63) is 17.3 Å². The van der Waals surface area contributed by atoms with Gasteiger partial charge in [0.25, 0.3) is 0 Å². The molecule has 0 saturated carbocycles. The van der Waals surface area contributed by atoms with E-state index in [2.05, 4.69) is 22.2 Å². The summed E-state index contributed by atoms with van der Waals surface area (Å²) >= 11 is 0. The van der Waals surface area contributed by atoms with Crippen LogP contribution in [0.5, 0.6) is 0 Å². The summed E-state index contributed by atoms with van der Waals surface area (Å²) in [6.45, 7) is 4.56. The van der Waals surface area contributed by atoms with E-state index in [0.29, 0.717) is 12.5 Å². The molecule has 0 saturated heterocycles. The first-order chi connectivity index (χ1) is 7.17. The zero-order valence-corrected chi connectivity index (χ0v) is 9.50.